The first-order valence-electron chi connectivity index (χ1n) is 4.15. The second kappa shape index (κ2) is 4.39. The molecular formula is C9H12NO2S. The Bertz CT molecular complexity index is 345. The maximum atomic E-state index is 11.4. The van der Waals surface area contributed by atoms with Crippen molar-refractivity contribution in [3.05, 3.63) is 30.3 Å². The van der Waals surface area contributed by atoms with Gasteiger partial charge in [-0.25, -0.2) is 8.42 Å². The van der Waals surface area contributed by atoms with E-state index in [1.165, 1.54) is 0 Å². The van der Waals surface area contributed by atoms with Crippen LogP contribution < -0.4 is 4.72 Å². The van der Waals surface area contributed by atoms with Gasteiger partial charge in [0.05, 0.1) is 4.90 Å². The summed E-state index contributed by atoms with van der Waals surface area (Å²) in [4.78, 5) is 0.267. The highest BCUT2D eigenvalue weighted by Crippen LogP contribution is 2.07. The third kappa shape index (κ3) is 2.82. The molecule has 0 unspecified atom stereocenters. The summed E-state index contributed by atoms with van der Waals surface area (Å²) in [6.45, 7) is 2.25. The van der Waals surface area contributed by atoms with Crippen LogP contribution in [-0.4, -0.2) is 15.0 Å². The Morgan fingerprint density at radius 3 is 2.38 bits per heavy atom. The van der Waals surface area contributed by atoms with Crippen LogP contribution in [-0.2, 0) is 10.0 Å². The van der Waals surface area contributed by atoms with Crippen molar-refractivity contribution in [3.8, 4) is 0 Å². The third-order valence-electron chi connectivity index (χ3n) is 1.53. The van der Waals surface area contributed by atoms with Crippen LogP contribution in [0.15, 0.2) is 35.2 Å². The van der Waals surface area contributed by atoms with Crippen molar-refractivity contribution in [2.24, 2.45) is 0 Å². The predicted octanol–water partition coefficient (Wildman–Crippen LogP) is 1.39. The second-order valence-electron chi connectivity index (χ2n) is 2.64. The monoisotopic (exact) mass is 198 g/mol. The van der Waals surface area contributed by atoms with E-state index in [2.05, 4.69) is 4.72 Å². The summed E-state index contributed by atoms with van der Waals surface area (Å²) in [7, 11) is -3.40. The van der Waals surface area contributed by atoms with Crippen LogP contribution in [0.25, 0.3) is 0 Å². The minimum Gasteiger partial charge on any atom is -0.206 e. The molecule has 1 aromatic carbocycles. The van der Waals surface area contributed by atoms with Crippen molar-refractivity contribution in [2.45, 2.75) is 18.2 Å². The lowest BCUT2D eigenvalue weighted by Crippen LogP contribution is -2.16. The Morgan fingerprint density at radius 2 is 1.85 bits per heavy atom. The molecule has 0 saturated heterocycles. The molecule has 0 saturated carbocycles. The van der Waals surface area contributed by atoms with E-state index < -0.39 is 10.0 Å². The molecule has 1 rings (SSSR count). The Kier molecular flexibility index (Phi) is 3.45. The van der Waals surface area contributed by atoms with Crippen LogP contribution in [0.2, 0.25) is 0 Å². The topological polar surface area (TPSA) is 48.2 Å². The van der Waals surface area contributed by atoms with Crippen molar-refractivity contribution in [1.82, 2.24) is 4.72 Å². The third-order valence-corrected chi connectivity index (χ3v) is 2.92. The Labute approximate surface area is 78.8 Å². The van der Waals surface area contributed by atoms with Gasteiger partial charge in [0.25, 0.3) is 10.0 Å². The van der Waals surface area contributed by atoms with Gasteiger partial charge in [-0.1, -0.05) is 25.1 Å². The minimum atomic E-state index is -3.40. The van der Waals surface area contributed by atoms with Crippen LogP contribution in [0.3, 0.4) is 0 Å². The molecule has 0 heterocycles. The fourth-order valence-corrected chi connectivity index (χ4v) is 1.95. The number of hydrogen-bond acceptors (Lipinski definition) is 2. The first kappa shape index (κ1) is 10.2. The summed E-state index contributed by atoms with van der Waals surface area (Å²) >= 11 is 0. The highest BCUT2D eigenvalue weighted by Gasteiger charge is 2.12. The van der Waals surface area contributed by atoms with Gasteiger partial charge in [0.2, 0.25) is 0 Å². The van der Waals surface area contributed by atoms with E-state index in [9.17, 15) is 8.42 Å². The van der Waals surface area contributed by atoms with Gasteiger partial charge in [0.1, 0.15) is 0 Å². The molecule has 0 N–H and O–H groups in total. The molecule has 13 heavy (non-hydrogen) atoms. The highest BCUT2D eigenvalue weighted by molar-refractivity contribution is 7.89. The SMILES string of the molecule is CCC[N]S(=O)(=O)c1ccccc1. The van der Waals surface area contributed by atoms with Crippen molar-refractivity contribution in [3.63, 3.8) is 0 Å². The van der Waals surface area contributed by atoms with Crippen molar-refractivity contribution < 1.29 is 8.42 Å². The molecule has 0 aliphatic carbocycles. The zero-order chi connectivity index (χ0) is 9.73. The standard InChI is InChI=1S/C9H12NO2S/c1-2-8-10-13(11,12)9-6-4-3-5-7-9/h3-7H,2,8H2,1H3. The maximum Gasteiger partial charge on any atom is 0.256 e. The molecule has 0 aliphatic heterocycles. The quantitative estimate of drug-likeness (QED) is 0.734. The molecule has 0 fully saturated rings. The zero-order valence-electron chi connectivity index (χ0n) is 7.47. The van der Waals surface area contributed by atoms with Crippen molar-refractivity contribution in [1.29, 1.82) is 0 Å². The molecule has 0 spiro atoms. The van der Waals surface area contributed by atoms with Gasteiger partial charge in [-0.05, 0) is 18.6 Å². The molecule has 0 aromatic heterocycles. The summed E-state index contributed by atoms with van der Waals surface area (Å²) in [5.74, 6) is 0. The lowest BCUT2D eigenvalue weighted by molar-refractivity contribution is 0.579. The van der Waals surface area contributed by atoms with E-state index in [1.54, 1.807) is 30.3 Å². The van der Waals surface area contributed by atoms with Gasteiger partial charge in [-0.3, -0.25) is 0 Å². The predicted molar refractivity (Wildman–Crippen MR) is 50.9 cm³/mol. The number of nitrogens with zero attached hydrogens (tertiary/aromatic N) is 1. The minimum absolute atomic E-state index is 0.267. The normalized spacial score (nSPS) is 11.5. The molecule has 0 atom stereocenters. The van der Waals surface area contributed by atoms with Crippen LogP contribution in [0.5, 0.6) is 0 Å². The lowest BCUT2D eigenvalue weighted by Gasteiger charge is -2.01. The highest BCUT2D eigenvalue weighted by atomic mass is 32.2. The average Bonchev–Trinajstić information content (AvgIpc) is 2.16. The van der Waals surface area contributed by atoms with E-state index in [-0.39, 0.29) is 4.90 Å². The van der Waals surface area contributed by atoms with Crippen molar-refractivity contribution in [2.75, 3.05) is 6.54 Å². The Hall–Kier alpha value is -0.870. The maximum absolute atomic E-state index is 11.4. The lowest BCUT2D eigenvalue weighted by atomic mass is 10.4. The largest absolute Gasteiger partial charge is 0.256 e. The summed E-state index contributed by atoms with van der Waals surface area (Å²) < 4.78 is 26.5. The van der Waals surface area contributed by atoms with E-state index in [0.29, 0.717) is 6.54 Å². The van der Waals surface area contributed by atoms with E-state index in [0.717, 1.165) is 6.42 Å². The molecule has 71 valence electrons. The molecule has 0 bridgehead atoms. The average molecular weight is 198 g/mol. The van der Waals surface area contributed by atoms with Gasteiger partial charge >= 0.3 is 0 Å². The number of benzene rings is 1. The van der Waals surface area contributed by atoms with E-state index in [4.69, 9.17) is 0 Å². The molecular weight excluding hydrogens is 186 g/mol. The van der Waals surface area contributed by atoms with Gasteiger partial charge in [0.15, 0.2) is 0 Å². The smallest absolute Gasteiger partial charge is 0.206 e. The molecule has 4 heteroatoms. The molecule has 0 aliphatic rings. The van der Waals surface area contributed by atoms with Crippen LogP contribution in [0, 0.1) is 0 Å². The van der Waals surface area contributed by atoms with E-state index >= 15 is 0 Å². The van der Waals surface area contributed by atoms with Gasteiger partial charge in [0, 0.05) is 6.54 Å². The Morgan fingerprint density at radius 1 is 1.23 bits per heavy atom. The molecule has 1 aromatic rings. The van der Waals surface area contributed by atoms with E-state index in [1.807, 2.05) is 6.92 Å². The number of rotatable bonds is 4. The summed E-state index contributed by atoms with van der Waals surface area (Å²) in [5, 5.41) is 0. The van der Waals surface area contributed by atoms with Gasteiger partial charge < -0.3 is 0 Å². The molecule has 1 radical (unpaired) electrons. The summed E-state index contributed by atoms with van der Waals surface area (Å²) in [5.41, 5.74) is 0. The van der Waals surface area contributed by atoms with Crippen LogP contribution >= 0.6 is 0 Å². The fourth-order valence-electron chi connectivity index (χ4n) is 0.878. The molecule has 0 amide bonds. The van der Waals surface area contributed by atoms with Crippen molar-refractivity contribution >= 4 is 10.0 Å². The van der Waals surface area contributed by atoms with Gasteiger partial charge in [-0.2, -0.15) is 0 Å². The first-order chi connectivity index (χ1) is 6.17. The first-order valence-corrected chi connectivity index (χ1v) is 5.59. The number of hydrogen-bond donors (Lipinski definition) is 0. The Balaban J connectivity index is 2.83. The molecule has 3 nitrogen and oxygen atoms in total. The number of sulfonamides is 1. The summed E-state index contributed by atoms with van der Waals surface area (Å²) in [6.07, 6.45) is 0.742. The fraction of sp³-hybridized carbons (Fsp3) is 0.333. The van der Waals surface area contributed by atoms with Gasteiger partial charge in [-0.15, -0.1) is 4.72 Å². The summed E-state index contributed by atoms with van der Waals surface area (Å²) in [6, 6.07) is 8.25. The second-order valence-corrected chi connectivity index (χ2v) is 4.32. The van der Waals surface area contributed by atoms with Crippen LogP contribution in [0.1, 0.15) is 13.3 Å². The van der Waals surface area contributed by atoms with Crippen LogP contribution in [0.4, 0.5) is 0 Å². The zero-order valence-corrected chi connectivity index (χ0v) is 8.29.